The molecule has 0 atom stereocenters. The molecule has 0 aliphatic rings. The van der Waals surface area contributed by atoms with Crippen LogP contribution < -0.4 is 0 Å². The first-order valence-electron chi connectivity index (χ1n) is 8.10. The summed E-state index contributed by atoms with van der Waals surface area (Å²) in [6, 6.07) is 22.0. The minimum absolute atomic E-state index is 0.321. The van der Waals surface area contributed by atoms with Crippen molar-refractivity contribution in [3.05, 3.63) is 94.8 Å². The maximum atomic E-state index is 14.4. The van der Waals surface area contributed by atoms with Crippen molar-refractivity contribution in [2.24, 2.45) is 0 Å². The maximum Gasteiger partial charge on any atom is 0.132 e. The number of aryl methyl sites for hydroxylation is 1. The van der Waals surface area contributed by atoms with Crippen LogP contribution in [0.1, 0.15) is 29.2 Å². The Labute approximate surface area is 147 Å². The van der Waals surface area contributed by atoms with Crippen molar-refractivity contribution < 1.29 is 4.39 Å². The van der Waals surface area contributed by atoms with E-state index < -0.39 is 0 Å². The van der Waals surface area contributed by atoms with E-state index in [1.807, 2.05) is 18.2 Å². The van der Waals surface area contributed by atoms with E-state index in [0.717, 1.165) is 17.5 Å². The highest BCUT2D eigenvalue weighted by Crippen LogP contribution is 2.24. The summed E-state index contributed by atoms with van der Waals surface area (Å²) in [6.07, 6.45) is 0.996. The fourth-order valence-corrected chi connectivity index (χ4v) is 2.52. The van der Waals surface area contributed by atoms with Crippen molar-refractivity contribution in [2.45, 2.75) is 13.3 Å². The van der Waals surface area contributed by atoms with E-state index in [4.69, 9.17) is 5.26 Å². The molecule has 3 aromatic carbocycles. The fraction of sp³-hybridized carbons (Fsp3) is 0.0870. The van der Waals surface area contributed by atoms with E-state index >= 15 is 0 Å². The number of hydrogen-bond acceptors (Lipinski definition) is 1. The Bertz CT molecular complexity index is 981. The highest BCUT2D eigenvalue weighted by Gasteiger charge is 2.05. The van der Waals surface area contributed by atoms with Crippen molar-refractivity contribution in [1.82, 2.24) is 0 Å². The van der Waals surface area contributed by atoms with Gasteiger partial charge in [-0.25, -0.2) is 4.39 Å². The molecular formula is C23H16FN. The Hall–Kier alpha value is -3.36. The highest BCUT2D eigenvalue weighted by molar-refractivity contribution is 5.66. The van der Waals surface area contributed by atoms with Gasteiger partial charge in [-0.05, 0) is 53.9 Å². The maximum absolute atomic E-state index is 14.4. The molecule has 0 bridgehead atoms. The molecule has 0 aliphatic heterocycles. The topological polar surface area (TPSA) is 23.8 Å². The first kappa shape index (κ1) is 16.5. The molecule has 0 N–H and O–H groups in total. The Kier molecular flexibility index (Phi) is 4.93. The van der Waals surface area contributed by atoms with Gasteiger partial charge < -0.3 is 0 Å². The molecule has 2 heteroatoms. The molecule has 25 heavy (non-hydrogen) atoms. The zero-order valence-electron chi connectivity index (χ0n) is 13.9. The molecule has 0 saturated heterocycles. The highest BCUT2D eigenvalue weighted by atomic mass is 19.1. The predicted molar refractivity (Wildman–Crippen MR) is 98.4 cm³/mol. The first-order chi connectivity index (χ1) is 12.2. The van der Waals surface area contributed by atoms with Gasteiger partial charge in [0.2, 0.25) is 0 Å². The quantitative estimate of drug-likeness (QED) is 0.584. The molecule has 0 heterocycles. The SMILES string of the molecule is CCc1ccc(C#Cc2ccc(-c3ccc(C#N)cc3)c(F)c2)cc1. The van der Waals surface area contributed by atoms with Crippen LogP contribution in [0, 0.1) is 29.0 Å². The van der Waals surface area contributed by atoms with Crippen LogP contribution in [0.25, 0.3) is 11.1 Å². The Morgan fingerprint density at radius 2 is 1.40 bits per heavy atom. The summed E-state index contributed by atoms with van der Waals surface area (Å²) in [5, 5.41) is 8.83. The van der Waals surface area contributed by atoms with Gasteiger partial charge in [-0.1, -0.05) is 49.1 Å². The molecule has 0 amide bonds. The van der Waals surface area contributed by atoms with E-state index in [0.29, 0.717) is 16.7 Å². The molecule has 120 valence electrons. The molecule has 0 radical (unpaired) electrons. The predicted octanol–water partition coefficient (Wildman–Crippen LogP) is 5.33. The van der Waals surface area contributed by atoms with Crippen molar-refractivity contribution in [3.63, 3.8) is 0 Å². The number of nitriles is 1. The second kappa shape index (κ2) is 7.47. The van der Waals surface area contributed by atoms with E-state index in [1.165, 1.54) is 11.6 Å². The fourth-order valence-electron chi connectivity index (χ4n) is 2.52. The average Bonchev–Trinajstić information content (AvgIpc) is 2.67. The summed E-state index contributed by atoms with van der Waals surface area (Å²) in [6.45, 7) is 2.11. The summed E-state index contributed by atoms with van der Waals surface area (Å²) >= 11 is 0. The standard InChI is InChI=1S/C23H16FN/c1-2-17-3-5-18(6-4-17)7-8-19-11-14-22(23(24)15-19)21-12-9-20(16-25)10-13-21/h3-6,9-15H,2H2,1H3. The number of rotatable bonds is 2. The largest absolute Gasteiger partial charge is 0.206 e. The van der Waals surface area contributed by atoms with Gasteiger partial charge in [0, 0.05) is 16.7 Å². The van der Waals surface area contributed by atoms with Crippen molar-refractivity contribution in [2.75, 3.05) is 0 Å². The first-order valence-corrected chi connectivity index (χ1v) is 8.10. The van der Waals surface area contributed by atoms with Gasteiger partial charge in [0.15, 0.2) is 0 Å². The Morgan fingerprint density at radius 1 is 0.800 bits per heavy atom. The summed E-state index contributed by atoms with van der Waals surface area (Å²) in [5.41, 5.74) is 4.61. The van der Waals surface area contributed by atoms with E-state index in [-0.39, 0.29) is 5.82 Å². The van der Waals surface area contributed by atoms with Crippen molar-refractivity contribution >= 4 is 0 Å². The molecule has 0 fully saturated rings. The summed E-state index contributed by atoms with van der Waals surface area (Å²) in [7, 11) is 0. The molecule has 0 saturated carbocycles. The molecule has 3 rings (SSSR count). The van der Waals surface area contributed by atoms with Gasteiger partial charge in [0.1, 0.15) is 5.82 Å². The normalized spacial score (nSPS) is 9.80. The molecule has 0 spiro atoms. The summed E-state index contributed by atoms with van der Waals surface area (Å²) in [5.74, 6) is 5.74. The second-order valence-corrected chi connectivity index (χ2v) is 5.68. The average molecular weight is 325 g/mol. The Balaban J connectivity index is 1.84. The minimum Gasteiger partial charge on any atom is -0.206 e. The molecule has 0 aromatic heterocycles. The second-order valence-electron chi connectivity index (χ2n) is 5.68. The zero-order valence-corrected chi connectivity index (χ0v) is 13.9. The van der Waals surface area contributed by atoms with Gasteiger partial charge in [-0.15, -0.1) is 0 Å². The van der Waals surface area contributed by atoms with Gasteiger partial charge in [-0.3, -0.25) is 0 Å². The number of hydrogen-bond donors (Lipinski definition) is 0. The van der Waals surface area contributed by atoms with Crippen LogP contribution in [0.4, 0.5) is 4.39 Å². The third-order valence-corrected chi connectivity index (χ3v) is 4.01. The lowest BCUT2D eigenvalue weighted by Gasteiger charge is -2.04. The molecule has 0 unspecified atom stereocenters. The third-order valence-electron chi connectivity index (χ3n) is 4.01. The number of nitrogens with zero attached hydrogens (tertiary/aromatic N) is 1. The third kappa shape index (κ3) is 3.94. The van der Waals surface area contributed by atoms with E-state index in [1.54, 1.807) is 30.3 Å². The van der Waals surface area contributed by atoms with Crippen LogP contribution in [0.2, 0.25) is 0 Å². The van der Waals surface area contributed by atoms with E-state index in [2.05, 4.69) is 37.0 Å². The lowest BCUT2D eigenvalue weighted by atomic mass is 10.0. The minimum atomic E-state index is -0.321. The number of halogens is 1. The van der Waals surface area contributed by atoms with Crippen LogP contribution >= 0.6 is 0 Å². The molecular weight excluding hydrogens is 309 g/mol. The molecule has 3 aromatic rings. The van der Waals surface area contributed by atoms with Crippen LogP contribution in [0.3, 0.4) is 0 Å². The van der Waals surface area contributed by atoms with Gasteiger partial charge in [0.25, 0.3) is 0 Å². The molecule has 0 aliphatic carbocycles. The van der Waals surface area contributed by atoms with Crippen LogP contribution in [0.5, 0.6) is 0 Å². The lowest BCUT2D eigenvalue weighted by molar-refractivity contribution is 0.631. The van der Waals surface area contributed by atoms with Crippen LogP contribution in [0.15, 0.2) is 66.7 Å². The van der Waals surface area contributed by atoms with Gasteiger partial charge in [0.05, 0.1) is 11.6 Å². The van der Waals surface area contributed by atoms with Crippen molar-refractivity contribution in [1.29, 1.82) is 5.26 Å². The van der Waals surface area contributed by atoms with Crippen molar-refractivity contribution in [3.8, 4) is 29.0 Å². The Morgan fingerprint density at radius 3 is 2.00 bits per heavy atom. The molecule has 1 nitrogen and oxygen atoms in total. The van der Waals surface area contributed by atoms with Gasteiger partial charge >= 0.3 is 0 Å². The summed E-state index contributed by atoms with van der Waals surface area (Å²) in [4.78, 5) is 0. The lowest BCUT2D eigenvalue weighted by Crippen LogP contribution is -1.87. The van der Waals surface area contributed by atoms with Crippen LogP contribution in [-0.4, -0.2) is 0 Å². The smallest absolute Gasteiger partial charge is 0.132 e. The van der Waals surface area contributed by atoms with E-state index in [9.17, 15) is 4.39 Å². The summed E-state index contributed by atoms with van der Waals surface area (Å²) < 4.78 is 14.4. The zero-order chi connectivity index (χ0) is 17.6. The van der Waals surface area contributed by atoms with Gasteiger partial charge in [-0.2, -0.15) is 5.26 Å². The van der Waals surface area contributed by atoms with Crippen LogP contribution in [-0.2, 0) is 6.42 Å². The number of benzene rings is 3. The monoisotopic (exact) mass is 325 g/mol.